The van der Waals surface area contributed by atoms with Gasteiger partial charge in [0.1, 0.15) is 0 Å². The summed E-state index contributed by atoms with van der Waals surface area (Å²) in [4.78, 5) is 4.01. The van der Waals surface area contributed by atoms with E-state index >= 15 is 0 Å². The Kier molecular flexibility index (Phi) is 5.78. The summed E-state index contributed by atoms with van der Waals surface area (Å²) < 4.78 is 34.2. The van der Waals surface area contributed by atoms with Crippen LogP contribution in [0.25, 0.3) is 11.3 Å². The number of anilines is 1. The molecule has 2 rings (SSSR count). The third-order valence-corrected chi connectivity index (χ3v) is 3.72. The maximum Gasteiger partial charge on any atom is 1.00 e. The second-order valence-electron chi connectivity index (χ2n) is 3.10. The Bertz CT molecular complexity index is 628. The molecule has 90 valence electrons. The number of benzene rings is 1. The van der Waals surface area contributed by atoms with Gasteiger partial charge in [-0.2, -0.15) is 0 Å². The van der Waals surface area contributed by atoms with Crippen molar-refractivity contribution in [2.24, 2.45) is 0 Å². The van der Waals surface area contributed by atoms with Gasteiger partial charge in [-0.25, -0.2) is 13.4 Å². The van der Waals surface area contributed by atoms with Gasteiger partial charge >= 0.3 is 29.6 Å². The van der Waals surface area contributed by atoms with Gasteiger partial charge in [-0.15, -0.1) is 11.3 Å². The molecule has 0 radical (unpaired) electrons. The number of rotatable bonds is 3. The average molecular weight is 357 g/mol. The molecule has 5 nitrogen and oxygen atoms in total. The van der Waals surface area contributed by atoms with E-state index in [1.165, 1.54) is 0 Å². The zero-order valence-electron chi connectivity index (χ0n) is 9.25. The van der Waals surface area contributed by atoms with Crippen molar-refractivity contribution in [1.82, 2.24) is 4.98 Å². The summed E-state index contributed by atoms with van der Waals surface area (Å²) in [5.74, 6) is 0. The molecule has 0 bridgehead atoms. The monoisotopic (exact) mass is 356 g/mol. The second kappa shape index (κ2) is 6.47. The molecular weight excluding hydrogens is 351 g/mol. The van der Waals surface area contributed by atoms with Crippen molar-refractivity contribution in [1.29, 1.82) is 0 Å². The van der Waals surface area contributed by atoms with Crippen LogP contribution in [0.2, 0.25) is 0 Å². The zero-order chi connectivity index (χ0) is 12.5. The number of halogens is 1. The van der Waals surface area contributed by atoms with Gasteiger partial charge in [0.2, 0.25) is 0 Å². The van der Waals surface area contributed by atoms with Crippen molar-refractivity contribution in [2.45, 2.75) is 0 Å². The quantitative estimate of drug-likeness (QED) is 0.590. The van der Waals surface area contributed by atoms with Gasteiger partial charge in [-0.05, 0) is 12.1 Å². The molecule has 0 aliphatic carbocycles. The van der Waals surface area contributed by atoms with Crippen LogP contribution in [0, 0.1) is 0 Å². The van der Waals surface area contributed by atoms with Crippen molar-refractivity contribution in [3.8, 4) is 11.3 Å². The normalized spacial score (nSPS) is 10.8. The molecule has 18 heavy (non-hydrogen) atoms. The molecule has 1 N–H and O–H groups in total. The molecule has 0 aliphatic heterocycles. The number of aromatic nitrogens is 1. The minimum absolute atomic E-state index is 0. The van der Waals surface area contributed by atoms with Crippen LogP contribution in [0.4, 0.5) is 5.13 Å². The van der Waals surface area contributed by atoms with E-state index in [0.717, 1.165) is 21.4 Å². The molecular formula is C9H6BrN2NaO3S2. The van der Waals surface area contributed by atoms with Crippen LogP contribution < -0.4 is 34.3 Å². The Balaban J connectivity index is 0.00000162. The number of nitrogens with one attached hydrogen (secondary N) is 1. The standard InChI is InChI=1S/C9H7BrN2O3S2.Na/c10-7-3-1-6(2-4-7)8-5-16-9(11-8)12-17(13,14)15;/h1-5H,(H,11,12)(H,13,14,15);/q;+1/p-1. The van der Waals surface area contributed by atoms with Crippen LogP contribution >= 0.6 is 27.3 Å². The van der Waals surface area contributed by atoms with Gasteiger partial charge in [0.05, 0.1) is 5.69 Å². The Morgan fingerprint density at radius 2 is 1.89 bits per heavy atom. The first-order chi connectivity index (χ1) is 7.94. The molecule has 0 spiro atoms. The fourth-order valence-electron chi connectivity index (χ4n) is 1.18. The molecule has 1 heterocycles. The Labute approximate surface area is 139 Å². The summed E-state index contributed by atoms with van der Waals surface area (Å²) in [7, 11) is -4.51. The molecule has 1 aromatic heterocycles. The van der Waals surface area contributed by atoms with Gasteiger partial charge in [0, 0.05) is 15.4 Å². The van der Waals surface area contributed by atoms with E-state index in [1.54, 1.807) is 10.1 Å². The van der Waals surface area contributed by atoms with Crippen LogP contribution in [0.1, 0.15) is 0 Å². The van der Waals surface area contributed by atoms with Crippen molar-refractivity contribution in [2.75, 3.05) is 4.72 Å². The number of nitrogens with zero attached hydrogens (tertiary/aromatic N) is 1. The van der Waals surface area contributed by atoms with Gasteiger partial charge < -0.3 is 4.55 Å². The fourth-order valence-corrected chi connectivity index (χ4v) is 2.77. The Morgan fingerprint density at radius 1 is 1.28 bits per heavy atom. The van der Waals surface area contributed by atoms with Crippen LogP contribution in [-0.4, -0.2) is 18.0 Å². The molecule has 2 aromatic rings. The van der Waals surface area contributed by atoms with Crippen LogP contribution in [0.15, 0.2) is 34.1 Å². The number of thiazole rings is 1. The summed E-state index contributed by atoms with van der Waals surface area (Å²) in [5.41, 5.74) is 1.47. The molecule has 0 unspecified atom stereocenters. The van der Waals surface area contributed by atoms with E-state index in [1.807, 2.05) is 24.3 Å². The van der Waals surface area contributed by atoms with Gasteiger partial charge in [0.25, 0.3) is 0 Å². The molecule has 1 aromatic carbocycles. The van der Waals surface area contributed by atoms with Crippen molar-refractivity contribution in [3.63, 3.8) is 0 Å². The number of hydrogen-bond donors (Lipinski definition) is 1. The molecule has 0 fully saturated rings. The largest absolute Gasteiger partial charge is 1.00 e. The summed E-state index contributed by atoms with van der Waals surface area (Å²) in [6, 6.07) is 7.39. The SMILES string of the molecule is O=S(=O)([O-])Nc1nc(-c2ccc(Br)cc2)cs1.[Na+]. The predicted octanol–water partition coefficient (Wildman–Crippen LogP) is -0.551. The maximum absolute atomic E-state index is 10.5. The smallest absolute Gasteiger partial charge is 0.731 e. The summed E-state index contributed by atoms with van der Waals surface area (Å²) in [6.45, 7) is 0. The first kappa shape index (κ1) is 16.1. The summed E-state index contributed by atoms with van der Waals surface area (Å²) in [5, 5.41) is 1.74. The first-order valence-electron chi connectivity index (χ1n) is 4.39. The van der Waals surface area contributed by atoms with Crippen molar-refractivity contribution in [3.05, 3.63) is 34.1 Å². The molecule has 9 heteroatoms. The van der Waals surface area contributed by atoms with Gasteiger partial charge in [-0.1, -0.05) is 28.1 Å². The van der Waals surface area contributed by atoms with E-state index in [0.29, 0.717) is 5.69 Å². The predicted molar refractivity (Wildman–Crippen MR) is 68.6 cm³/mol. The van der Waals surface area contributed by atoms with Crippen LogP contribution in [-0.2, 0) is 10.3 Å². The van der Waals surface area contributed by atoms with E-state index in [-0.39, 0.29) is 34.7 Å². The fraction of sp³-hybridized carbons (Fsp3) is 0. The third-order valence-electron chi connectivity index (χ3n) is 1.86. The van der Waals surface area contributed by atoms with E-state index in [9.17, 15) is 13.0 Å². The molecule has 0 amide bonds. The van der Waals surface area contributed by atoms with Gasteiger partial charge in [0.15, 0.2) is 15.4 Å². The van der Waals surface area contributed by atoms with E-state index in [4.69, 9.17) is 0 Å². The van der Waals surface area contributed by atoms with Crippen molar-refractivity contribution < 1.29 is 42.5 Å². The Morgan fingerprint density at radius 3 is 2.44 bits per heavy atom. The van der Waals surface area contributed by atoms with Gasteiger partial charge in [-0.3, -0.25) is 4.72 Å². The second-order valence-corrected chi connectivity index (χ2v) is 5.99. The first-order valence-corrected chi connectivity index (χ1v) is 7.47. The molecule has 0 atom stereocenters. The topological polar surface area (TPSA) is 82.1 Å². The van der Waals surface area contributed by atoms with Crippen LogP contribution in [0.5, 0.6) is 0 Å². The summed E-state index contributed by atoms with van der Waals surface area (Å²) in [6.07, 6.45) is 0. The minimum Gasteiger partial charge on any atom is -0.731 e. The molecule has 0 aliphatic rings. The molecule has 0 saturated heterocycles. The van der Waals surface area contributed by atoms with E-state index < -0.39 is 10.3 Å². The van der Waals surface area contributed by atoms with E-state index in [2.05, 4.69) is 20.9 Å². The maximum atomic E-state index is 10.5. The minimum atomic E-state index is -4.51. The summed E-state index contributed by atoms with van der Waals surface area (Å²) >= 11 is 4.37. The van der Waals surface area contributed by atoms with Crippen LogP contribution in [0.3, 0.4) is 0 Å². The Hall–Kier alpha value is 0.0400. The average Bonchev–Trinajstić information content (AvgIpc) is 2.64. The zero-order valence-corrected chi connectivity index (χ0v) is 14.5. The molecule has 0 saturated carbocycles. The van der Waals surface area contributed by atoms with Crippen molar-refractivity contribution >= 4 is 42.7 Å². The number of hydrogen-bond acceptors (Lipinski definition) is 5. The third kappa shape index (κ3) is 4.61.